The van der Waals surface area contributed by atoms with Crippen molar-refractivity contribution in [3.8, 4) is 5.75 Å². The van der Waals surface area contributed by atoms with E-state index >= 15 is 0 Å². The zero-order valence-electron chi connectivity index (χ0n) is 10.6. The minimum atomic E-state index is -0.516. The van der Waals surface area contributed by atoms with E-state index in [-0.39, 0.29) is 6.10 Å². The van der Waals surface area contributed by atoms with Crippen LogP contribution in [0.25, 0.3) is 0 Å². The summed E-state index contributed by atoms with van der Waals surface area (Å²) in [5.41, 5.74) is 0.793. The first-order chi connectivity index (χ1) is 8.66. The molecular weight excluding hydrogens is 252 g/mol. The second-order valence-corrected chi connectivity index (χ2v) is 5.07. The normalized spacial score (nSPS) is 21.6. The zero-order valence-corrected chi connectivity index (χ0v) is 11.3. The molecule has 1 heterocycles. The largest absolute Gasteiger partial charge is 0.489 e. The van der Waals surface area contributed by atoms with Crippen LogP contribution in [-0.2, 0) is 4.74 Å². The van der Waals surface area contributed by atoms with Crippen LogP contribution in [0.5, 0.6) is 5.75 Å². The van der Waals surface area contributed by atoms with Crippen molar-refractivity contribution in [1.82, 2.24) is 0 Å². The van der Waals surface area contributed by atoms with Crippen molar-refractivity contribution in [3.05, 3.63) is 28.8 Å². The summed E-state index contributed by atoms with van der Waals surface area (Å²) >= 11 is 6.11. The molecule has 1 saturated heterocycles. The maximum Gasteiger partial charge on any atom is 0.138 e. The highest BCUT2D eigenvalue weighted by molar-refractivity contribution is 6.32. The van der Waals surface area contributed by atoms with E-state index in [0.29, 0.717) is 17.4 Å². The van der Waals surface area contributed by atoms with Gasteiger partial charge in [0.15, 0.2) is 0 Å². The van der Waals surface area contributed by atoms with Crippen LogP contribution in [0, 0.1) is 0 Å². The Morgan fingerprint density at radius 1 is 1.50 bits per heavy atom. The van der Waals surface area contributed by atoms with Crippen LogP contribution in [0.1, 0.15) is 37.9 Å². The third-order valence-electron chi connectivity index (χ3n) is 3.14. The van der Waals surface area contributed by atoms with Gasteiger partial charge in [0, 0.05) is 6.61 Å². The molecule has 0 bridgehead atoms. The smallest absolute Gasteiger partial charge is 0.138 e. The van der Waals surface area contributed by atoms with Gasteiger partial charge in [0.05, 0.1) is 17.2 Å². The van der Waals surface area contributed by atoms with E-state index in [2.05, 4.69) is 0 Å². The molecule has 0 radical (unpaired) electrons. The van der Waals surface area contributed by atoms with Gasteiger partial charge in [-0.3, -0.25) is 0 Å². The number of benzene rings is 1. The molecule has 0 spiro atoms. The van der Waals surface area contributed by atoms with E-state index in [0.717, 1.165) is 25.0 Å². The molecule has 1 aliphatic heterocycles. The van der Waals surface area contributed by atoms with Gasteiger partial charge in [-0.05, 0) is 43.9 Å². The van der Waals surface area contributed by atoms with E-state index in [1.54, 1.807) is 19.1 Å². The Bertz CT molecular complexity index is 387. The summed E-state index contributed by atoms with van der Waals surface area (Å²) < 4.78 is 11.3. The molecule has 1 unspecified atom stereocenters. The van der Waals surface area contributed by atoms with Crippen LogP contribution >= 0.6 is 11.6 Å². The fraction of sp³-hybridized carbons (Fsp3) is 0.571. The monoisotopic (exact) mass is 270 g/mol. The molecule has 0 saturated carbocycles. The third-order valence-corrected chi connectivity index (χ3v) is 3.43. The Labute approximate surface area is 113 Å². The Morgan fingerprint density at radius 3 is 2.94 bits per heavy atom. The number of hydrogen-bond donors (Lipinski definition) is 1. The highest BCUT2D eigenvalue weighted by atomic mass is 35.5. The average Bonchev–Trinajstić information content (AvgIpc) is 2.38. The van der Waals surface area contributed by atoms with Gasteiger partial charge in [-0.1, -0.05) is 17.7 Å². The van der Waals surface area contributed by atoms with Gasteiger partial charge >= 0.3 is 0 Å². The second kappa shape index (κ2) is 6.41. The molecule has 0 aliphatic carbocycles. The number of rotatable bonds is 4. The third kappa shape index (κ3) is 3.61. The molecule has 1 aliphatic rings. The van der Waals surface area contributed by atoms with E-state index in [9.17, 15) is 5.11 Å². The van der Waals surface area contributed by atoms with Gasteiger partial charge in [0.25, 0.3) is 0 Å². The van der Waals surface area contributed by atoms with Crippen molar-refractivity contribution in [1.29, 1.82) is 0 Å². The van der Waals surface area contributed by atoms with Gasteiger partial charge in [-0.2, -0.15) is 0 Å². The van der Waals surface area contributed by atoms with Crippen molar-refractivity contribution >= 4 is 11.6 Å². The minimum absolute atomic E-state index is 0.172. The van der Waals surface area contributed by atoms with Gasteiger partial charge in [0.1, 0.15) is 12.4 Å². The maximum absolute atomic E-state index is 9.45. The molecular formula is C14H19ClO3. The molecule has 0 aromatic heterocycles. The molecule has 2 rings (SSSR count). The lowest BCUT2D eigenvalue weighted by Crippen LogP contribution is -2.25. The van der Waals surface area contributed by atoms with Gasteiger partial charge in [0.2, 0.25) is 0 Å². The predicted octanol–water partition coefficient (Wildman–Crippen LogP) is 3.34. The van der Waals surface area contributed by atoms with Crippen LogP contribution in [0.15, 0.2) is 18.2 Å². The predicted molar refractivity (Wildman–Crippen MR) is 71.2 cm³/mol. The fourth-order valence-corrected chi connectivity index (χ4v) is 2.26. The van der Waals surface area contributed by atoms with E-state index < -0.39 is 6.10 Å². The average molecular weight is 271 g/mol. The molecule has 4 heteroatoms. The van der Waals surface area contributed by atoms with Crippen molar-refractivity contribution in [2.75, 3.05) is 13.2 Å². The van der Waals surface area contributed by atoms with E-state index in [4.69, 9.17) is 21.1 Å². The summed E-state index contributed by atoms with van der Waals surface area (Å²) in [4.78, 5) is 0. The summed E-state index contributed by atoms with van der Waals surface area (Å²) in [6.45, 7) is 3.07. The van der Waals surface area contributed by atoms with Gasteiger partial charge in [-0.15, -0.1) is 0 Å². The van der Waals surface area contributed by atoms with Crippen molar-refractivity contribution in [2.24, 2.45) is 0 Å². The molecule has 1 fully saturated rings. The van der Waals surface area contributed by atoms with Crippen LogP contribution in [-0.4, -0.2) is 24.4 Å². The number of aliphatic hydroxyl groups excluding tert-OH is 1. The van der Waals surface area contributed by atoms with Gasteiger partial charge < -0.3 is 14.6 Å². The highest BCUT2D eigenvalue weighted by Crippen LogP contribution is 2.28. The lowest BCUT2D eigenvalue weighted by molar-refractivity contribution is -0.0110. The number of aliphatic hydroxyl groups is 1. The molecule has 0 amide bonds. The molecule has 1 aromatic carbocycles. The van der Waals surface area contributed by atoms with Crippen molar-refractivity contribution in [2.45, 2.75) is 38.4 Å². The highest BCUT2D eigenvalue weighted by Gasteiger charge is 2.15. The summed E-state index contributed by atoms with van der Waals surface area (Å²) in [7, 11) is 0. The number of hydrogen-bond acceptors (Lipinski definition) is 3. The molecule has 18 heavy (non-hydrogen) atoms. The SMILES string of the molecule is C[C@@H](O)c1ccc(OCC2CCCCO2)c(Cl)c1. The summed E-state index contributed by atoms with van der Waals surface area (Å²) in [5.74, 6) is 0.648. The molecule has 3 nitrogen and oxygen atoms in total. The van der Waals surface area contributed by atoms with Crippen LogP contribution < -0.4 is 4.74 Å². The molecule has 100 valence electrons. The lowest BCUT2D eigenvalue weighted by Gasteiger charge is -2.23. The first-order valence-corrected chi connectivity index (χ1v) is 6.76. The molecule has 1 aromatic rings. The lowest BCUT2D eigenvalue weighted by atomic mass is 10.1. The fourth-order valence-electron chi connectivity index (χ4n) is 2.02. The summed E-state index contributed by atoms with van der Waals surface area (Å²) in [5, 5.41) is 9.99. The maximum atomic E-state index is 9.45. The number of ether oxygens (including phenoxy) is 2. The summed E-state index contributed by atoms with van der Waals surface area (Å²) in [6.07, 6.45) is 3.04. The minimum Gasteiger partial charge on any atom is -0.489 e. The first-order valence-electron chi connectivity index (χ1n) is 6.38. The Kier molecular flexibility index (Phi) is 4.87. The first kappa shape index (κ1) is 13.7. The van der Waals surface area contributed by atoms with E-state index in [1.165, 1.54) is 6.42 Å². The van der Waals surface area contributed by atoms with Gasteiger partial charge in [-0.25, -0.2) is 0 Å². The Balaban J connectivity index is 1.92. The van der Waals surface area contributed by atoms with Crippen molar-refractivity contribution in [3.63, 3.8) is 0 Å². The Hall–Kier alpha value is -0.770. The molecule has 2 atom stereocenters. The number of halogens is 1. The van der Waals surface area contributed by atoms with Crippen LogP contribution in [0.4, 0.5) is 0 Å². The van der Waals surface area contributed by atoms with Crippen LogP contribution in [0.2, 0.25) is 5.02 Å². The second-order valence-electron chi connectivity index (χ2n) is 4.67. The van der Waals surface area contributed by atoms with Crippen molar-refractivity contribution < 1.29 is 14.6 Å². The quantitative estimate of drug-likeness (QED) is 0.912. The molecule has 1 N–H and O–H groups in total. The zero-order chi connectivity index (χ0) is 13.0. The Morgan fingerprint density at radius 2 is 2.33 bits per heavy atom. The van der Waals surface area contributed by atoms with Crippen LogP contribution in [0.3, 0.4) is 0 Å². The van der Waals surface area contributed by atoms with E-state index in [1.807, 2.05) is 6.07 Å². The standard InChI is InChI=1S/C14H19ClO3/c1-10(16)11-5-6-14(13(15)8-11)18-9-12-4-2-3-7-17-12/h5-6,8,10,12,16H,2-4,7,9H2,1H3/t10-,12?/m1/s1. The summed E-state index contributed by atoms with van der Waals surface area (Å²) in [6, 6.07) is 5.37. The topological polar surface area (TPSA) is 38.7 Å².